The van der Waals surface area contributed by atoms with Crippen LogP contribution in [-0.2, 0) is 15.7 Å². The number of hydrogen-bond donors (Lipinski definition) is 2. The highest BCUT2D eigenvalue weighted by molar-refractivity contribution is 6.14. The second-order valence-corrected chi connectivity index (χ2v) is 15.4. The van der Waals surface area contributed by atoms with Gasteiger partial charge in [0.05, 0.1) is 17.4 Å². The number of carbonyl (C=O) groups excluding carboxylic acids is 3. The smallest absolute Gasteiger partial charge is 0.435 e. The van der Waals surface area contributed by atoms with Crippen LogP contribution < -0.4 is 15.5 Å². The van der Waals surface area contributed by atoms with E-state index in [1.165, 1.54) is 36.5 Å². The molecule has 1 fully saturated rings. The molecule has 12 nitrogen and oxygen atoms in total. The Morgan fingerprint density at radius 1 is 0.857 bits per heavy atom. The van der Waals surface area contributed by atoms with Crippen LogP contribution in [0, 0.1) is 11.7 Å². The minimum atomic E-state index is -4.97. The van der Waals surface area contributed by atoms with Crippen LogP contribution in [0.4, 0.5) is 38.7 Å². The average Bonchev–Trinajstić information content (AvgIpc) is 3.81. The number of pyridine rings is 2. The molecule has 56 heavy (non-hydrogen) atoms. The third-order valence-corrected chi connectivity index (χ3v) is 8.49. The number of rotatable bonds is 9. The van der Waals surface area contributed by atoms with Crippen molar-refractivity contribution in [3.05, 3.63) is 108 Å². The number of anilines is 2. The number of alkyl halides is 3. The van der Waals surface area contributed by atoms with Crippen LogP contribution in [0.3, 0.4) is 0 Å². The number of aromatic nitrogens is 4. The Labute approximate surface area is 320 Å². The lowest BCUT2D eigenvalue weighted by atomic mass is 9.98. The molecule has 0 radical (unpaired) electrons. The van der Waals surface area contributed by atoms with E-state index in [4.69, 9.17) is 9.47 Å². The van der Waals surface area contributed by atoms with Crippen molar-refractivity contribution in [2.75, 3.05) is 16.8 Å². The van der Waals surface area contributed by atoms with Crippen molar-refractivity contribution in [2.45, 2.75) is 77.8 Å². The van der Waals surface area contributed by atoms with Crippen molar-refractivity contribution in [3.8, 4) is 5.69 Å². The van der Waals surface area contributed by atoms with Gasteiger partial charge in [-0.15, -0.1) is 0 Å². The van der Waals surface area contributed by atoms with Gasteiger partial charge >= 0.3 is 18.4 Å². The van der Waals surface area contributed by atoms with Gasteiger partial charge in [0, 0.05) is 30.0 Å². The first-order valence-corrected chi connectivity index (χ1v) is 17.8. The highest BCUT2D eigenvalue weighted by atomic mass is 19.4. The van der Waals surface area contributed by atoms with Gasteiger partial charge in [0.2, 0.25) is 0 Å². The Balaban J connectivity index is 1.40. The van der Waals surface area contributed by atoms with E-state index in [1.54, 1.807) is 66.1 Å². The number of halogens is 4. The topological polar surface area (TPSA) is 141 Å². The van der Waals surface area contributed by atoms with Gasteiger partial charge in [0.15, 0.2) is 11.5 Å². The van der Waals surface area contributed by atoms with Gasteiger partial charge in [-0.05, 0) is 126 Å². The summed E-state index contributed by atoms with van der Waals surface area (Å²) in [4.78, 5) is 49.8. The molecule has 0 spiro atoms. The summed E-state index contributed by atoms with van der Waals surface area (Å²) in [5.74, 6) is -1.64. The minimum Gasteiger partial charge on any atom is -0.443 e. The van der Waals surface area contributed by atoms with Crippen molar-refractivity contribution >= 4 is 40.4 Å². The quantitative estimate of drug-likeness (QED) is 0.140. The molecule has 3 heterocycles. The molecule has 1 saturated carbocycles. The van der Waals surface area contributed by atoms with Gasteiger partial charge in [-0.25, -0.2) is 23.6 Å². The predicted octanol–water partition coefficient (Wildman–Crippen LogP) is 8.99. The molecule has 0 aliphatic heterocycles. The number of benzene rings is 2. The summed E-state index contributed by atoms with van der Waals surface area (Å²) < 4.78 is 69.6. The normalized spacial score (nSPS) is 14.0. The molecule has 0 bridgehead atoms. The Hall–Kier alpha value is -5.90. The van der Waals surface area contributed by atoms with Gasteiger partial charge in [0.25, 0.3) is 5.91 Å². The lowest BCUT2D eigenvalue weighted by Gasteiger charge is -2.28. The van der Waals surface area contributed by atoms with E-state index >= 15 is 4.39 Å². The van der Waals surface area contributed by atoms with Crippen LogP contribution >= 0.6 is 0 Å². The monoisotopic (exact) mass is 775 g/mol. The molecular formula is C40H41F4N7O5. The van der Waals surface area contributed by atoms with E-state index in [1.807, 2.05) is 12.1 Å². The zero-order valence-corrected chi connectivity index (χ0v) is 31.6. The maximum absolute atomic E-state index is 15.3. The largest absolute Gasteiger partial charge is 0.443 e. The van der Waals surface area contributed by atoms with Crippen LogP contribution in [0.15, 0.2) is 79.3 Å². The summed E-state index contributed by atoms with van der Waals surface area (Å²) in [6, 6.07) is 13.7. The molecule has 2 N–H and O–H groups in total. The fourth-order valence-electron chi connectivity index (χ4n) is 5.79. The van der Waals surface area contributed by atoms with E-state index in [9.17, 15) is 27.6 Å². The number of imide groups is 1. The van der Waals surface area contributed by atoms with Crippen molar-refractivity contribution in [1.29, 1.82) is 0 Å². The first-order valence-electron chi connectivity index (χ1n) is 17.8. The van der Waals surface area contributed by atoms with Crippen molar-refractivity contribution in [2.24, 2.45) is 5.92 Å². The van der Waals surface area contributed by atoms with Crippen LogP contribution in [0.2, 0.25) is 0 Å². The number of nitrogens with one attached hydrogen (secondary N) is 2. The van der Waals surface area contributed by atoms with Crippen LogP contribution in [0.5, 0.6) is 0 Å². The van der Waals surface area contributed by atoms with Crippen LogP contribution in [0.25, 0.3) is 16.5 Å². The third kappa shape index (κ3) is 9.48. The standard InChI is InChI=1S/C40H41F4N7O5/c1-38(2,3)55-36(53)50(37(54)56-39(4,5)6)34-28-20-27(11-9-24(28)15-18-46-34)51-31(21-32(49-51)40(42,43)44)35(52)48-30-19-26(10-12-29(30)41)33(47-22-23-7-8-23)25-13-16-45-17-14-25/h9-21,23,33,47H,7-8,22H2,1-6H3,(H,48,52). The lowest BCUT2D eigenvalue weighted by molar-refractivity contribution is -0.141. The maximum atomic E-state index is 15.3. The molecule has 1 aliphatic carbocycles. The summed E-state index contributed by atoms with van der Waals surface area (Å²) in [5, 5.41) is 10.2. The molecule has 1 unspecified atom stereocenters. The molecule has 16 heteroatoms. The fourth-order valence-corrected chi connectivity index (χ4v) is 5.79. The molecule has 3 amide bonds. The van der Waals surface area contributed by atoms with E-state index in [0.717, 1.165) is 23.1 Å². The predicted molar refractivity (Wildman–Crippen MR) is 200 cm³/mol. The van der Waals surface area contributed by atoms with Crippen molar-refractivity contribution in [3.63, 3.8) is 0 Å². The lowest BCUT2D eigenvalue weighted by Crippen LogP contribution is -2.44. The summed E-state index contributed by atoms with van der Waals surface area (Å²) in [5.41, 5.74) is -2.94. The fraction of sp³-hybridized carbons (Fsp3) is 0.350. The van der Waals surface area contributed by atoms with E-state index in [-0.39, 0.29) is 22.6 Å². The Morgan fingerprint density at radius 3 is 2.12 bits per heavy atom. The van der Waals surface area contributed by atoms with Gasteiger partial charge in [-0.3, -0.25) is 9.78 Å². The summed E-state index contributed by atoms with van der Waals surface area (Å²) in [6.45, 7) is 10.3. The number of hydrogen-bond acceptors (Lipinski definition) is 9. The van der Waals surface area contributed by atoms with Crippen molar-refractivity contribution in [1.82, 2.24) is 25.1 Å². The van der Waals surface area contributed by atoms with Gasteiger partial charge in [0.1, 0.15) is 22.7 Å². The molecule has 0 saturated heterocycles. The van der Waals surface area contributed by atoms with Crippen LogP contribution in [-0.4, -0.2) is 55.6 Å². The molecule has 1 atom stereocenters. The number of nitrogens with zero attached hydrogens (tertiary/aromatic N) is 5. The Kier molecular flexibility index (Phi) is 10.9. The first kappa shape index (κ1) is 39.8. The highest BCUT2D eigenvalue weighted by Crippen LogP contribution is 2.34. The summed E-state index contributed by atoms with van der Waals surface area (Å²) >= 11 is 0. The molecule has 6 rings (SSSR count). The zero-order valence-electron chi connectivity index (χ0n) is 31.6. The number of carbonyl (C=O) groups is 3. The highest BCUT2D eigenvalue weighted by Gasteiger charge is 2.37. The minimum absolute atomic E-state index is 0.0722. The van der Waals surface area contributed by atoms with Gasteiger partial charge in [-0.1, -0.05) is 12.1 Å². The van der Waals surface area contributed by atoms with Gasteiger partial charge < -0.3 is 20.1 Å². The number of ether oxygens (including phenoxy) is 2. The van der Waals surface area contributed by atoms with E-state index in [2.05, 4.69) is 25.7 Å². The van der Waals surface area contributed by atoms with E-state index in [0.29, 0.717) is 34.4 Å². The SMILES string of the molecule is CC(C)(C)OC(=O)N(C(=O)OC(C)(C)C)c1nccc2ccc(-n3nc(C(F)(F)F)cc3C(=O)Nc3cc(C(NCC4CC4)c4ccncc4)ccc3F)cc12. The molecule has 5 aromatic rings. The third-order valence-electron chi connectivity index (χ3n) is 8.49. The zero-order chi connectivity index (χ0) is 40.6. The molecular weight excluding hydrogens is 734 g/mol. The second kappa shape index (κ2) is 15.3. The van der Waals surface area contributed by atoms with E-state index < -0.39 is 58.7 Å². The van der Waals surface area contributed by atoms with Gasteiger partial charge in [-0.2, -0.15) is 23.2 Å². The molecule has 2 aromatic carbocycles. The Bertz CT molecular complexity index is 2230. The Morgan fingerprint density at radius 2 is 1.52 bits per heavy atom. The van der Waals surface area contributed by atoms with Crippen molar-refractivity contribution < 1.29 is 41.4 Å². The second-order valence-electron chi connectivity index (χ2n) is 15.4. The molecule has 294 valence electrons. The number of fused-ring (bicyclic) bond motifs is 1. The molecule has 1 aliphatic rings. The summed E-state index contributed by atoms with van der Waals surface area (Å²) in [7, 11) is 0. The number of amides is 3. The van der Waals surface area contributed by atoms with Crippen LogP contribution in [0.1, 0.15) is 87.7 Å². The average molecular weight is 776 g/mol. The first-order chi connectivity index (χ1) is 26.3. The summed E-state index contributed by atoms with van der Waals surface area (Å²) in [6.07, 6.45) is -0.426. The maximum Gasteiger partial charge on any atom is 0.435 e. The molecule has 3 aromatic heterocycles.